The van der Waals surface area contributed by atoms with Crippen molar-refractivity contribution in [3.05, 3.63) is 10.4 Å². The van der Waals surface area contributed by atoms with Gasteiger partial charge in [-0.15, -0.1) is 0 Å². The third kappa shape index (κ3) is 1.18. The van der Waals surface area contributed by atoms with Crippen LogP contribution in [0.2, 0.25) is 0 Å². The van der Waals surface area contributed by atoms with Gasteiger partial charge in [0.15, 0.2) is 0 Å². The minimum absolute atomic E-state index is 0.236. The van der Waals surface area contributed by atoms with Crippen molar-refractivity contribution >= 4 is 0 Å². The minimum Gasteiger partial charge on any atom is -0.394 e. The molecule has 84 valence electrons. The largest absolute Gasteiger partial charge is 0.394 e. The Morgan fingerprint density at radius 3 is 2.73 bits per heavy atom. The van der Waals surface area contributed by atoms with Crippen molar-refractivity contribution in [1.29, 1.82) is 0 Å². The Morgan fingerprint density at radius 2 is 2.20 bits per heavy atom. The zero-order valence-electron chi connectivity index (χ0n) is 7.93. The maximum atomic E-state index is 9.75. The van der Waals surface area contributed by atoms with E-state index < -0.39 is 36.4 Å². The van der Waals surface area contributed by atoms with Gasteiger partial charge in [-0.3, -0.25) is 0 Å². The number of rotatable bonds is 3. The van der Waals surface area contributed by atoms with Gasteiger partial charge in [0.25, 0.3) is 0 Å². The van der Waals surface area contributed by atoms with E-state index >= 15 is 0 Å². The molecule has 4 N–H and O–H groups in total. The first kappa shape index (κ1) is 10.7. The van der Waals surface area contributed by atoms with Crippen molar-refractivity contribution in [3.63, 3.8) is 0 Å². The number of nitrogens with zero attached hydrogens (tertiary/aromatic N) is 3. The maximum absolute atomic E-state index is 9.75. The number of azide groups is 1. The van der Waals surface area contributed by atoms with Gasteiger partial charge in [0.05, 0.1) is 31.0 Å². The lowest BCUT2D eigenvalue weighted by atomic mass is 9.93. The van der Waals surface area contributed by atoms with Crippen molar-refractivity contribution in [1.82, 2.24) is 0 Å². The van der Waals surface area contributed by atoms with Gasteiger partial charge in [0.2, 0.25) is 0 Å². The first-order valence-corrected chi connectivity index (χ1v) is 4.79. The molecule has 7 heteroatoms. The molecule has 2 rings (SSSR count). The third-order valence-corrected chi connectivity index (χ3v) is 3.72. The zero-order chi connectivity index (χ0) is 11.2. The van der Waals surface area contributed by atoms with Gasteiger partial charge in [-0.2, -0.15) is 0 Å². The van der Waals surface area contributed by atoms with E-state index in [1.165, 1.54) is 0 Å². The van der Waals surface area contributed by atoms with E-state index in [0.717, 1.165) is 0 Å². The summed E-state index contributed by atoms with van der Waals surface area (Å²) in [6.45, 7) is -0.469. The number of hydrogen-bond acceptors (Lipinski definition) is 5. The van der Waals surface area contributed by atoms with E-state index in [1.54, 1.807) is 0 Å². The van der Waals surface area contributed by atoms with E-state index in [1.807, 2.05) is 0 Å². The molecule has 0 unspecified atom stereocenters. The van der Waals surface area contributed by atoms with Crippen molar-refractivity contribution < 1.29 is 20.4 Å². The van der Waals surface area contributed by atoms with E-state index in [4.69, 9.17) is 10.6 Å². The van der Waals surface area contributed by atoms with E-state index in [0.29, 0.717) is 6.42 Å². The number of aliphatic hydroxyl groups excluding tert-OH is 4. The van der Waals surface area contributed by atoms with Crippen molar-refractivity contribution in [2.75, 3.05) is 6.61 Å². The molecule has 0 aromatic heterocycles. The van der Waals surface area contributed by atoms with Crippen LogP contribution in [0.3, 0.4) is 0 Å². The second-order valence-corrected chi connectivity index (χ2v) is 4.25. The van der Waals surface area contributed by atoms with Crippen LogP contribution in [-0.4, -0.2) is 51.4 Å². The van der Waals surface area contributed by atoms with Crippen LogP contribution < -0.4 is 0 Å². The molecule has 0 aliphatic heterocycles. The van der Waals surface area contributed by atoms with Gasteiger partial charge in [-0.1, -0.05) is 5.11 Å². The number of hydrogen-bond donors (Lipinski definition) is 4. The molecule has 2 fully saturated rings. The topological polar surface area (TPSA) is 130 Å². The Kier molecular flexibility index (Phi) is 2.37. The average molecular weight is 215 g/mol. The summed E-state index contributed by atoms with van der Waals surface area (Å²) in [4.78, 5) is 2.61. The van der Waals surface area contributed by atoms with Gasteiger partial charge in [0, 0.05) is 10.3 Å². The molecular weight excluding hydrogens is 202 g/mol. The van der Waals surface area contributed by atoms with Gasteiger partial charge < -0.3 is 20.4 Å². The fourth-order valence-corrected chi connectivity index (χ4v) is 2.80. The Hall–Kier alpha value is -0.850. The van der Waals surface area contributed by atoms with Crippen LogP contribution in [0.5, 0.6) is 0 Å². The Balaban J connectivity index is 2.24. The molecule has 15 heavy (non-hydrogen) atoms. The smallest absolute Gasteiger partial charge is 0.0893 e. The standard InChI is InChI=1S/C8H13N3O4/c9-11-10-5-3-1-8(3,4(13)2-12)7(15)6(5)14/h3-7,12-15H,1-2H2/t3-,4-,5-,6-,7+,8-/m0/s1. The fraction of sp³-hybridized carbons (Fsp3) is 1.00. The van der Waals surface area contributed by atoms with Crippen LogP contribution in [0, 0.1) is 11.3 Å². The Morgan fingerprint density at radius 1 is 1.53 bits per heavy atom. The molecule has 0 radical (unpaired) electrons. The normalized spacial score (nSPS) is 49.3. The second kappa shape index (κ2) is 3.33. The lowest BCUT2D eigenvalue weighted by molar-refractivity contribution is -0.0643. The van der Waals surface area contributed by atoms with Crippen molar-refractivity contribution in [3.8, 4) is 0 Å². The molecule has 6 atom stereocenters. The van der Waals surface area contributed by atoms with E-state index in [9.17, 15) is 15.3 Å². The molecule has 0 aromatic carbocycles. The molecule has 0 amide bonds. The summed E-state index contributed by atoms with van der Waals surface area (Å²) in [6.07, 6.45) is -2.90. The lowest BCUT2D eigenvalue weighted by Gasteiger charge is -2.25. The van der Waals surface area contributed by atoms with Crippen LogP contribution in [0.1, 0.15) is 6.42 Å². The highest BCUT2D eigenvalue weighted by Gasteiger charge is 2.73. The summed E-state index contributed by atoms with van der Waals surface area (Å²) in [5.41, 5.74) is 7.42. The summed E-state index contributed by atoms with van der Waals surface area (Å²) in [7, 11) is 0. The quantitative estimate of drug-likeness (QED) is 0.266. The maximum Gasteiger partial charge on any atom is 0.0893 e. The van der Waals surface area contributed by atoms with Gasteiger partial charge in [0.1, 0.15) is 0 Å². The highest BCUT2D eigenvalue weighted by Crippen LogP contribution is 2.66. The van der Waals surface area contributed by atoms with Crippen LogP contribution in [0.15, 0.2) is 5.11 Å². The minimum atomic E-state index is -1.15. The van der Waals surface area contributed by atoms with Crippen LogP contribution >= 0.6 is 0 Å². The SMILES string of the molecule is [N-]=[N+]=N[C@@H]1[C@H](O)[C@@H](O)[C@@]2([C@@H](O)CO)C[C@@H]12. The van der Waals surface area contributed by atoms with Crippen LogP contribution in [0.25, 0.3) is 10.4 Å². The summed E-state index contributed by atoms with van der Waals surface area (Å²) >= 11 is 0. The molecule has 7 nitrogen and oxygen atoms in total. The lowest BCUT2D eigenvalue weighted by Crippen LogP contribution is -2.41. The monoisotopic (exact) mass is 215 g/mol. The fourth-order valence-electron chi connectivity index (χ4n) is 2.80. The Labute approximate surface area is 85.6 Å². The highest BCUT2D eigenvalue weighted by atomic mass is 16.3. The van der Waals surface area contributed by atoms with Gasteiger partial charge in [-0.25, -0.2) is 0 Å². The van der Waals surface area contributed by atoms with E-state index in [2.05, 4.69) is 10.0 Å². The number of fused-ring (bicyclic) bond motifs is 1. The first-order valence-electron chi connectivity index (χ1n) is 4.79. The van der Waals surface area contributed by atoms with Crippen molar-refractivity contribution in [2.24, 2.45) is 16.4 Å². The zero-order valence-corrected chi connectivity index (χ0v) is 7.93. The summed E-state index contributed by atoms with van der Waals surface area (Å²) in [5.74, 6) is -0.236. The van der Waals surface area contributed by atoms with Crippen LogP contribution in [-0.2, 0) is 0 Å². The molecule has 2 saturated carbocycles. The molecule has 0 heterocycles. The van der Waals surface area contributed by atoms with Gasteiger partial charge in [-0.05, 0) is 17.9 Å². The predicted molar refractivity (Wildman–Crippen MR) is 48.6 cm³/mol. The summed E-state index contributed by atoms with van der Waals surface area (Å²) < 4.78 is 0. The average Bonchev–Trinajstić information content (AvgIpc) is 2.94. The van der Waals surface area contributed by atoms with Crippen LogP contribution in [0.4, 0.5) is 0 Å². The molecular formula is C8H13N3O4. The molecule has 0 spiro atoms. The molecule has 0 aromatic rings. The predicted octanol–water partition coefficient (Wildman–Crippen LogP) is -1.24. The number of aliphatic hydroxyl groups is 4. The summed E-state index contributed by atoms with van der Waals surface area (Å²) in [5, 5.41) is 41.2. The first-order chi connectivity index (χ1) is 7.09. The molecule has 0 saturated heterocycles. The highest BCUT2D eigenvalue weighted by molar-refractivity contribution is 5.24. The molecule has 0 bridgehead atoms. The second-order valence-electron chi connectivity index (χ2n) is 4.25. The summed E-state index contributed by atoms with van der Waals surface area (Å²) in [6, 6.07) is -0.703. The molecule has 2 aliphatic carbocycles. The molecule has 2 aliphatic rings. The Bertz CT molecular complexity index is 319. The van der Waals surface area contributed by atoms with Crippen molar-refractivity contribution in [2.45, 2.75) is 30.8 Å². The van der Waals surface area contributed by atoms with E-state index in [-0.39, 0.29) is 5.92 Å². The third-order valence-electron chi connectivity index (χ3n) is 3.72. The van der Waals surface area contributed by atoms with Gasteiger partial charge >= 0.3 is 0 Å².